The summed E-state index contributed by atoms with van der Waals surface area (Å²) < 4.78 is 6.85. The van der Waals surface area contributed by atoms with Crippen molar-refractivity contribution >= 4 is 34.5 Å². The maximum absolute atomic E-state index is 12.9. The third-order valence-electron chi connectivity index (χ3n) is 7.63. The minimum absolute atomic E-state index is 0.0170. The number of oxazole rings is 1. The molecule has 2 aromatic carbocycles. The number of carbonyl (C=O) groups is 3. The van der Waals surface area contributed by atoms with E-state index in [9.17, 15) is 24.3 Å². The second kappa shape index (κ2) is 10.4. The number of phenolic OH excluding ortho intramolecular Hbond substituents is 1. The Kier molecular flexibility index (Phi) is 6.96. The zero-order valence-corrected chi connectivity index (χ0v) is 21.7. The molecule has 0 unspecified atom stereocenters. The molecule has 1 fully saturated rings. The standard InChI is InChI=1S/C28H32N4O6/c1-3-31-26-17(2)14-19(16-24(26)38-28(31)37)23(34)6-7-25(35)30-11-9-20(10-12-30)32-13-8-18-15-21(33)4-5-22(18)29-27(32)36/h4-5,14-16,20,33H,3,6-13H2,1-2H3,(H,29,36). The van der Waals surface area contributed by atoms with Gasteiger partial charge in [0.05, 0.1) is 5.52 Å². The van der Waals surface area contributed by atoms with Crippen LogP contribution in [0, 0.1) is 6.92 Å². The summed E-state index contributed by atoms with van der Waals surface area (Å²) in [7, 11) is 0. The van der Waals surface area contributed by atoms with Crippen LogP contribution in [0.4, 0.5) is 10.5 Å². The highest BCUT2D eigenvalue weighted by atomic mass is 16.4. The lowest BCUT2D eigenvalue weighted by atomic mass is 10.0. The fourth-order valence-corrected chi connectivity index (χ4v) is 5.60. The monoisotopic (exact) mass is 520 g/mol. The number of hydrogen-bond donors (Lipinski definition) is 2. The Bertz CT molecular complexity index is 1460. The molecule has 2 N–H and O–H groups in total. The molecule has 0 spiro atoms. The molecule has 200 valence electrons. The number of benzene rings is 2. The zero-order chi connectivity index (χ0) is 27.0. The molecular formula is C28H32N4O6. The Morgan fingerprint density at radius 1 is 1.08 bits per heavy atom. The van der Waals surface area contributed by atoms with Crippen LogP contribution in [-0.4, -0.2) is 62.9 Å². The Hall–Kier alpha value is -4.08. The average molecular weight is 521 g/mol. The SMILES string of the molecule is CCn1c(=O)oc2cc(C(=O)CCC(=O)N3CCC(N4CCc5cc(O)ccc5NC4=O)CC3)cc(C)c21. The average Bonchev–Trinajstić information content (AvgIpc) is 3.14. The van der Waals surface area contributed by atoms with Crippen LogP contribution >= 0.6 is 0 Å². The molecule has 38 heavy (non-hydrogen) atoms. The summed E-state index contributed by atoms with van der Waals surface area (Å²) in [5, 5.41) is 12.7. The first-order valence-corrected chi connectivity index (χ1v) is 13.1. The maximum Gasteiger partial charge on any atom is 0.419 e. The number of hydrogen-bond acceptors (Lipinski definition) is 6. The summed E-state index contributed by atoms with van der Waals surface area (Å²) in [4.78, 5) is 54.2. The van der Waals surface area contributed by atoms with Gasteiger partial charge in [0.15, 0.2) is 11.4 Å². The van der Waals surface area contributed by atoms with Gasteiger partial charge < -0.3 is 24.6 Å². The van der Waals surface area contributed by atoms with Crippen LogP contribution in [0.15, 0.2) is 39.5 Å². The molecule has 0 radical (unpaired) electrons. The second-order valence-electron chi connectivity index (χ2n) is 10.0. The van der Waals surface area contributed by atoms with Crippen LogP contribution in [0.1, 0.15) is 54.1 Å². The molecule has 10 heteroatoms. The molecule has 0 aliphatic carbocycles. The number of urea groups is 1. The molecular weight excluding hydrogens is 488 g/mol. The van der Waals surface area contributed by atoms with Gasteiger partial charge in [0.1, 0.15) is 5.75 Å². The second-order valence-corrected chi connectivity index (χ2v) is 10.0. The van der Waals surface area contributed by atoms with Crippen molar-refractivity contribution in [3.05, 3.63) is 57.6 Å². The Balaban J connectivity index is 1.15. The number of nitrogens with zero attached hydrogens (tertiary/aromatic N) is 3. The Labute approximate surface area is 219 Å². The van der Waals surface area contributed by atoms with Gasteiger partial charge in [-0.05, 0) is 74.6 Å². The summed E-state index contributed by atoms with van der Waals surface area (Å²) >= 11 is 0. The number of ketones is 1. The van der Waals surface area contributed by atoms with Crippen molar-refractivity contribution in [2.45, 2.75) is 58.5 Å². The van der Waals surface area contributed by atoms with Gasteiger partial charge in [-0.1, -0.05) is 0 Å². The van der Waals surface area contributed by atoms with E-state index in [0.29, 0.717) is 67.8 Å². The number of nitrogens with one attached hydrogen (secondary N) is 1. The number of anilines is 1. The number of carbonyl (C=O) groups excluding carboxylic acids is 3. The van der Waals surface area contributed by atoms with Gasteiger partial charge in [-0.15, -0.1) is 0 Å². The van der Waals surface area contributed by atoms with Gasteiger partial charge in [-0.25, -0.2) is 9.59 Å². The Morgan fingerprint density at radius 2 is 1.84 bits per heavy atom. The largest absolute Gasteiger partial charge is 0.508 e. The Morgan fingerprint density at radius 3 is 2.58 bits per heavy atom. The topological polar surface area (TPSA) is 125 Å². The van der Waals surface area contributed by atoms with Gasteiger partial charge in [0.2, 0.25) is 5.91 Å². The van der Waals surface area contributed by atoms with Gasteiger partial charge in [-0.2, -0.15) is 0 Å². The third kappa shape index (κ3) is 4.90. The number of rotatable bonds is 6. The van der Waals surface area contributed by atoms with Crippen LogP contribution in [0.25, 0.3) is 11.1 Å². The first-order chi connectivity index (χ1) is 18.2. The summed E-state index contributed by atoms with van der Waals surface area (Å²) in [5.74, 6) is -0.525. The van der Waals surface area contributed by atoms with Gasteiger partial charge in [0.25, 0.3) is 0 Å². The molecule has 0 saturated carbocycles. The van der Waals surface area contributed by atoms with Gasteiger partial charge in [0, 0.05) is 56.3 Å². The van der Waals surface area contributed by atoms with E-state index in [1.54, 1.807) is 35.2 Å². The third-order valence-corrected chi connectivity index (χ3v) is 7.63. The molecule has 5 rings (SSSR count). The molecule has 10 nitrogen and oxygen atoms in total. The van der Waals surface area contributed by atoms with Crippen LogP contribution in [-0.2, 0) is 17.8 Å². The molecule has 3 heterocycles. The minimum Gasteiger partial charge on any atom is -0.508 e. The number of aromatic nitrogens is 1. The van der Waals surface area contributed by atoms with Crippen molar-refractivity contribution in [2.24, 2.45) is 0 Å². The van der Waals surface area contributed by atoms with Crippen molar-refractivity contribution < 1.29 is 23.9 Å². The van der Waals surface area contributed by atoms with E-state index in [4.69, 9.17) is 4.42 Å². The van der Waals surface area contributed by atoms with Crippen molar-refractivity contribution in [1.82, 2.24) is 14.4 Å². The molecule has 0 bridgehead atoms. The van der Waals surface area contributed by atoms with E-state index in [1.165, 1.54) is 4.57 Å². The smallest absolute Gasteiger partial charge is 0.419 e. The summed E-state index contributed by atoms with van der Waals surface area (Å²) in [6, 6.07) is 8.13. The number of piperidine rings is 1. The van der Waals surface area contributed by atoms with Gasteiger partial charge >= 0.3 is 11.8 Å². The lowest BCUT2D eigenvalue weighted by Gasteiger charge is -2.38. The zero-order valence-electron chi connectivity index (χ0n) is 21.7. The van der Waals surface area contributed by atoms with Crippen molar-refractivity contribution in [1.29, 1.82) is 0 Å². The summed E-state index contributed by atoms with van der Waals surface area (Å²) in [6.45, 7) is 5.76. The fraction of sp³-hybridized carbons (Fsp3) is 0.429. The van der Waals surface area contributed by atoms with E-state index in [-0.39, 0.29) is 42.4 Å². The minimum atomic E-state index is -0.449. The predicted octanol–water partition coefficient (Wildman–Crippen LogP) is 3.67. The van der Waals surface area contributed by atoms with Crippen LogP contribution in [0.5, 0.6) is 5.75 Å². The summed E-state index contributed by atoms with van der Waals surface area (Å²) in [5.41, 5.74) is 3.90. The number of likely N-dealkylation sites (tertiary alicyclic amines) is 1. The lowest BCUT2D eigenvalue weighted by molar-refractivity contribution is -0.132. The quantitative estimate of drug-likeness (QED) is 0.377. The van der Waals surface area contributed by atoms with E-state index < -0.39 is 5.76 Å². The maximum atomic E-state index is 12.9. The van der Waals surface area contributed by atoms with E-state index >= 15 is 0 Å². The van der Waals surface area contributed by atoms with E-state index in [2.05, 4.69) is 5.32 Å². The van der Waals surface area contributed by atoms with Crippen molar-refractivity contribution in [2.75, 3.05) is 25.0 Å². The fourth-order valence-electron chi connectivity index (χ4n) is 5.60. The number of aryl methyl sites for hydroxylation is 2. The highest BCUT2D eigenvalue weighted by molar-refractivity contribution is 6.00. The highest BCUT2D eigenvalue weighted by Crippen LogP contribution is 2.28. The molecule has 1 aromatic heterocycles. The number of phenols is 1. The molecule has 3 aromatic rings. The lowest BCUT2D eigenvalue weighted by Crippen LogP contribution is -2.50. The van der Waals surface area contributed by atoms with Crippen LogP contribution < -0.4 is 11.1 Å². The first-order valence-electron chi connectivity index (χ1n) is 13.1. The first kappa shape index (κ1) is 25.6. The van der Waals surface area contributed by atoms with Crippen LogP contribution in [0.2, 0.25) is 0 Å². The van der Waals surface area contributed by atoms with E-state index in [0.717, 1.165) is 11.1 Å². The number of amides is 3. The molecule has 2 aliphatic heterocycles. The highest BCUT2D eigenvalue weighted by Gasteiger charge is 2.31. The van der Waals surface area contributed by atoms with Crippen molar-refractivity contribution in [3.63, 3.8) is 0 Å². The molecule has 1 saturated heterocycles. The normalized spacial score (nSPS) is 16.3. The predicted molar refractivity (Wildman–Crippen MR) is 142 cm³/mol. The molecule has 2 aliphatic rings. The van der Waals surface area contributed by atoms with E-state index in [1.807, 2.05) is 18.7 Å². The number of aromatic hydroxyl groups is 1. The number of fused-ring (bicyclic) bond motifs is 2. The number of Topliss-reactive ketones (excluding diaryl/α,β-unsaturated/α-hetero) is 1. The van der Waals surface area contributed by atoms with Crippen LogP contribution in [0.3, 0.4) is 0 Å². The van der Waals surface area contributed by atoms with Crippen molar-refractivity contribution in [3.8, 4) is 5.75 Å². The molecule has 3 amide bonds. The summed E-state index contributed by atoms with van der Waals surface area (Å²) in [6.07, 6.45) is 2.14. The van der Waals surface area contributed by atoms with Gasteiger partial charge in [-0.3, -0.25) is 14.2 Å². The molecule has 0 atom stereocenters.